The number of benzene rings is 2. The van der Waals surface area contributed by atoms with E-state index in [9.17, 15) is 4.79 Å². The maximum absolute atomic E-state index is 12.7. The predicted octanol–water partition coefficient (Wildman–Crippen LogP) is 4.93. The molecule has 0 atom stereocenters. The molecule has 3 aromatic heterocycles. The normalized spacial score (nSPS) is 12.1. The predicted molar refractivity (Wildman–Crippen MR) is 116 cm³/mol. The van der Waals surface area contributed by atoms with E-state index in [4.69, 9.17) is 27.6 Å². The molecule has 0 saturated heterocycles. The van der Waals surface area contributed by atoms with Gasteiger partial charge in [-0.25, -0.2) is 0 Å². The highest BCUT2D eigenvalue weighted by Gasteiger charge is 2.13. The fraction of sp³-hybridized carbons (Fsp3) is 0. The van der Waals surface area contributed by atoms with E-state index in [0.717, 1.165) is 5.56 Å². The highest BCUT2D eigenvalue weighted by atomic mass is 35.5. The Hall–Kier alpha value is -2.93. The quantitative estimate of drug-likeness (QED) is 0.399. The number of furan rings is 1. The van der Waals surface area contributed by atoms with E-state index < -0.39 is 0 Å². The smallest absolute Gasteiger partial charge is 0.291 e. The molecular weight excluding hydrogens is 429 g/mol. The van der Waals surface area contributed by atoms with Gasteiger partial charge >= 0.3 is 0 Å². The van der Waals surface area contributed by atoms with Crippen LogP contribution in [0.2, 0.25) is 10.0 Å². The van der Waals surface area contributed by atoms with Crippen LogP contribution in [-0.4, -0.2) is 14.6 Å². The second-order valence-electron chi connectivity index (χ2n) is 6.24. The molecule has 0 aliphatic rings. The first kappa shape index (κ1) is 18.1. The Morgan fingerprint density at radius 3 is 2.66 bits per heavy atom. The summed E-state index contributed by atoms with van der Waals surface area (Å²) < 4.78 is 7.65. The van der Waals surface area contributed by atoms with Gasteiger partial charge in [-0.05, 0) is 30.3 Å². The lowest BCUT2D eigenvalue weighted by molar-refractivity contribution is 0.571. The second kappa shape index (κ2) is 7.15. The topological polar surface area (TPSA) is 60.4 Å². The molecule has 0 spiro atoms. The monoisotopic (exact) mass is 439 g/mol. The Labute approximate surface area is 178 Å². The van der Waals surface area contributed by atoms with Crippen LogP contribution in [0.15, 0.2) is 69.9 Å². The summed E-state index contributed by atoms with van der Waals surface area (Å²) in [5, 5.41) is 5.44. The van der Waals surface area contributed by atoms with Crippen molar-refractivity contribution in [1.29, 1.82) is 0 Å². The Bertz CT molecular complexity index is 1450. The van der Waals surface area contributed by atoms with Crippen molar-refractivity contribution in [2.45, 2.75) is 0 Å². The molecule has 0 fully saturated rings. The molecule has 0 aliphatic carbocycles. The molecule has 142 valence electrons. The molecule has 5 aromatic rings. The van der Waals surface area contributed by atoms with Crippen LogP contribution in [0.5, 0.6) is 0 Å². The van der Waals surface area contributed by atoms with Gasteiger partial charge in [0.1, 0.15) is 16.1 Å². The van der Waals surface area contributed by atoms with Crippen molar-refractivity contribution in [3.8, 4) is 22.7 Å². The van der Waals surface area contributed by atoms with E-state index in [2.05, 4.69) is 10.1 Å². The molecular formula is C21H11Cl2N3O2S. The Morgan fingerprint density at radius 2 is 1.86 bits per heavy atom. The lowest BCUT2D eigenvalue weighted by atomic mass is 10.2. The molecule has 0 unspecified atom stereocenters. The van der Waals surface area contributed by atoms with E-state index in [-0.39, 0.29) is 5.56 Å². The summed E-state index contributed by atoms with van der Waals surface area (Å²) in [6.45, 7) is 0. The fourth-order valence-electron chi connectivity index (χ4n) is 2.93. The molecule has 0 amide bonds. The first-order valence-corrected chi connectivity index (χ1v) is 10.2. The van der Waals surface area contributed by atoms with Crippen molar-refractivity contribution in [3.63, 3.8) is 0 Å². The molecule has 29 heavy (non-hydrogen) atoms. The van der Waals surface area contributed by atoms with E-state index in [1.807, 2.05) is 30.3 Å². The zero-order chi connectivity index (χ0) is 20.0. The number of rotatable bonds is 3. The fourth-order valence-corrected chi connectivity index (χ4v) is 4.20. The maximum Gasteiger partial charge on any atom is 0.291 e. The summed E-state index contributed by atoms with van der Waals surface area (Å²) in [5.41, 5.74) is 1.32. The third-order valence-electron chi connectivity index (χ3n) is 4.31. The molecule has 0 bridgehead atoms. The van der Waals surface area contributed by atoms with Crippen LogP contribution in [0.25, 0.3) is 33.7 Å². The summed E-state index contributed by atoms with van der Waals surface area (Å²) in [6, 6.07) is 18.3. The number of thiazole rings is 1. The highest BCUT2D eigenvalue weighted by Crippen LogP contribution is 2.31. The van der Waals surface area contributed by atoms with E-state index in [0.29, 0.717) is 42.4 Å². The van der Waals surface area contributed by atoms with Crippen LogP contribution in [0.4, 0.5) is 0 Å². The minimum atomic E-state index is -0.238. The average molecular weight is 440 g/mol. The molecule has 3 heterocycles. The van der Waals surface area contributed by atoms with Crippen molar-refractivity contribution in [3.05, 3.63) is 91.4 Å². The lowest BCUT2D eigenvalue weighted by Gasteiger charge is -2.00. The van der Waals surface area contributed by atoms with E-state index in [1.165, 1.54) is 15.9 Å². The number of fused-ring (bicyclic) bond motifs is 1. The second-order valence-corrected chi connectivity index (χ2v) is 8.09. The summed E-state index contributed by atoms with van der Waals surface area (Å²) in [6.07, 6.45) is 1.67. The van der Waals surface area contributed by atoms with Crippen LogP contribution < -0.4 is 10.1 Å². The van der Waals surface area contributed by atoms with Crippen LogP contribution in [0, 0.1) is 0 Å². The Balaban J connectivity index is 1.54. The van der Waals surface area contributed by atoms with Gasteiger partial charge < -0.3 is 4.42 Å². The van der Waals surface area contributed by atoms with Gasteiger partial charge in [-0.15, -0.1) is 5.10 Å². The number of aromatic nitrogens is 3. The van der Waals surface area contributed by atoms with Gasteiger partial charge in [0, 0.05) is 22.2 Å². The molecule has 8 heteroatoms. The first-order chi connectivity index (χ1) is 14.1. The zero-order valence-corrected chi connectivity index (χ0v) is 17.0. The number of nitrogens with zero attached hydrogens (tertiary/aromatic N) is 3. The number of hydrogen-bond donors (Lipinski definition) is 0. The molecule has 0 saturated carbocycles. The third kappa shape index (κ3) is 3.35. The highest BCUT2D eigenvalue weighted by molar-refractivity contribution is 7.15. The van der Waals surface area contributed by atoms with Gasteiger partial charge in [-0.2, -0.15) is 9.50 Å². The molecule has 0 aliphatic heterocycles. The minimum Gasteiger partial charge on any atom is -0.457 e. The lowest BCUT2D eigenvalue weighted by Crippen LogP contribution is -2.23. The van der Waals surface area contributed by atoms with Crippen LogP contribution in [-0.2, 0) is 0 Å². The van der Waals surface area contributed by atoms with Crippen LogP contribution >= 0.6 is 34.5 Å². The van der Waals surface area contributed by atoms with Crippen LogP contribution in [0.3, 0.4) is 0 Å². The minimum absolute atomic E-state index is 0.238. The summed E-state index contributed by atoms with van der Waals surface area (Å²) >= 11 is 13.5. The summed E-state index contributed by atoms with van der Waals surface area (Å²) in [4.78, 5) is 17.7. The van der Waals surface area contributed by atoms with Gasteiger partial charge in [0.2, 0.25) is 4.96 Å². The largest absolute Gasteiger partial charge is 0.457 e. The standard InChI is InChI=1S/C21H11Cl2N3O2S/c22-13-6-8-16(23)15(10-13)17-9-7-14(28-17)11-18-20(27)26-21(29-18)24-19(25-26)12-4-2-1-3-5-12/h1-11H. The van der Waals surface area contributed by atoms with Gasteiger partial charge in [-0.1, -0.05) is 64.9 Å². The van der Waals surface area contributed by atoms with Crippen LogP contribution in [0.1, 0.15) is 5.76 Å². The number of hydrogen-bond acceptors (Lipinski definition) is 5. The molecule has 0 radical (unpaired) electrons. The van der Waals surface area contributed by atoms with Gasteiger partial charge in [-0.3, -0.25) is 4.79 Å². The van der Waals surface area contributed by atoms with Gasteiger partial charge in [0.15, 0.2) is 5.82 Å². The van der Waals surface area contributed by atoms with Crippen molar-refractivity contribution in [2.75, 3.05) is 0 Å². The van der Waals surface area contributed by atoms with Gasteiger partial charge in [0.25, 0.3) is 5.56 Å². The molecule has 0 N–H and O–H groups in total. The molecule has 5 rings (SSSR count). The number of halogens is 2. The third-order valence-corrected chi connectivity index (χ3v) is 5.83. The van der Waals surface area contributed by atoms with Crippen molar-refractivity contribution >= 4 is 45.6 Å². The SMILES string of the molecule is O=c1c(=Cc2ccc(-c3cc(Cl)ccc3Cl)o2)sc2nc(-c3ccccc3)nn12. The summed E-state index contributed by atoms with van der Waals surface area (Å²) in [7, 11) is 0. The van der Waals surface area contributed by atoms with Crippen molar-refractivity contribution in [1.82, 2.24) is 14.6 Å². The molecule has 2 aromatic carbocycles. The summed E-state index contributed by atoms with van der Waals surface area (Å²) in [5.74, 6) is 1.62. The van der Waals surface area contributed by atoms with E-state index in [1.54, 1.807) is 36.4 Å². The Kier molecular flexibility index (Phi) is 4.47. The molecule has 5 nitrogen and oxygen atoms in total. The van der Waals surface area contributed by atoms with Crippen molar-refractivity contribution in [2.24, 2.45) is 0 Å². The Morgan fingerprint density at radius 1 is 1.03 bits per heavy atom. The van der Waals surface area contributed by atoms with Crippen molar-refractivity contribution < 1.29 is 4.42 Å². The van der Waals surface area contributed by atoms with Gasteiger partial charge in [0.05, 0.1) is 5.02 Å². The zero-order valence-electron chi connectivity index (χ0n) is 14.7. The van der Waals surface area contributed by atoms with E-state index >= 15 is 0 Å². The average Bonchev–Trinajstić information content (AvgIpc) is 3.42. The maximum atomic E-state index is 12.7. The first-order valence-electron chi connectivity index (χ1n) is 8.60.